The van der Waals surface area contributed by atoms with Crippen LogP contribution in [0.5, 0.6) is 5.75 Å². The van der Waals surface area contributed by atoms with Crippen LogP contribution < -0.4 is 10.3 Å². The zero-order valence-corrected chi connectivity index (χ0v) is 15.9. The first-order valence-corrected chi connectivity index (χ1v) is 9.83. The number of halogens is 2. The van der Waals surface area contributed by atoms with Crippen LogP contribution in [0.2, 0.25) is 0 Å². The first-order chi connectivity index (χ1) is 13.7. The Morgan fingerprint density at radius 3 is 2.38 bits per heavy atom. The third-order valence-electron chi connectivity index (χ3n) is 4.08. The predicted molar refractivity (Wildman–Crippen MR) is 102 cm³/mol. The maximum atomic E-state index is 14.5. The average molecular weight is 418 g/mol. The van der Waals surface area contributed by atoms with E-state index in [1.807, 2.05) is 10.3 Å². The molecule has 0 aliphatic heterocycles. The Labute approximate surface area is 165 Å². The molecule has 0 saturated heterocycles. The van der Waals surface area contributed by atoms with E-state index in [9.17, 15) is 27.1 Å². The summed E-state index contributed by atoms with van der Waals surface area (Å²) < 4.78 is 52.4. The van der Waals surface area contributed by atoms with Crippen molar-refractivity contribution in [2.45, 2.75) is 11.8 Å². The lowest BCUT2D eigenvalue weighted by Crippen LogP contribution is -2.41. The zero-order valence-electron chi connectivity index (χ0n) is 15.1. The summed E-state index contributed by atoms with van der Waals surface area (Å²) >= 11 is 0. The van der Waals surface area contributed by atoms with E-state index in [2.05, 4.69) is 0 Å². The second-order valence-electron chi connectivity index (χ2n) is 6.22. The molecule has 0 aliphatic carbocycles. The summed E-state index contributed by atoms with van der Waals surface area (Å²) in [6.07, 6.45) is 0. The summed E-state index contributed by atoms with van der Waals surface area (Å²) in [5, 5.41) is 9.40. The van der Waals surface area contributed by atoms with E-state index in [0.717, 1.165) is 6.07 Å². The second-order valence-corrected chi connectivity index (χ2v) is 7.90. The van der Waals surface area contributed by atoms with E-state index in [0.29, 0.717) is 11.1 Å². The van der Waals surface area contributed by atoms with Gasteiger partial charge in [0, 0.05) is 0 Å². The van der Waals surface area contributed by atoms with Crippen LogP contribution in [0.3, 0.4) is 0 Å². The molecule has 150 valence electrons. The maximum Gasteiger partial charge on any atom is 0.269 e. The third-order valence-corrected chi connectivity index (χ3v) is 5.33. The highest BCUT2D eigenvalue weighted by atomic mass is 32.2. The summed E-state index contributed by atoms with van der Waals surface area (Å²) in [6.45, 7) is 1.44. The number of hydrogen-bond donors (Lipinski definition) is 3. The standard InChI is InChI=1S/C20H16F2N2O4S/c1-12-8-14(13-4-2-5-15(21)9-13)10-18(19(12)22)20(26)23-24-29(27,28)17-7-3-6-16(25)11-17/h2-11,24-25H,1H3,(H,23,26). The number of benzene rings is 3. The van der Waals surface area contributed by atoms with Crippen molar-refractivity contribution in [1.82, 2.24) is 10.3 Å². The molecule has 0 radical (unpaired) electrons. The minimum atomic E-state index is -4.19. The van der Waals surface area contributed by atoms with Crippen molar-refractivity contribution in [1.29, 1.82) is 0 Å². The maximum absolute atomic E-state index is 14.5. The van der Waals surface area contributed by atoms with Crippen molar-refractivity contribution in [3.05, 3.63) is 83.4 Å². The lowest BCUT2D eigenvalue weighted by Gasteiger charge is -2.12. The SMILES string of the molecule is Cc1cc(-c2cccc(F)c2)cc(C(=O)NNS(=O)(=O)c2cccc(O)c2)c1F. The fourth-order valence-corrected chi connectivity index (χ4v) is 3.54. The monoisotopic (exact) mass is 418 g/mol. The van der Waals surface area contributed by atoms with Gasteiger partial charge in [0.25, 0.3) is 15.9 Å². The van der Waals surface area contributed by atoms with E-state index >= 15 is 0 Å². The zero-order chi connectivity index (χ0) is 21.2. The number of phenols is 1. The molecule has 1 amide bonds. The summed E-state index contributed by atoms with van der Waals surface area (Å²) in [4.78, 5) is 14.0. The molecule has 0 saturated carbocycles. The molecule has 0 bridgehead atoms. The van der Waals surface area contributed by atoms with Crippen LogP contribution >= 0.6 is 0 Å². The number of aryl methyl sites for hydroxylation is 1. The smallest absolute Gasteiger partial charge is 0.269 e. The minimum absolute atomic E-state index is 0.132. The number of carbonyl (C=O) groups excluding carboxylic acids is 1. The Hall–Kier alpha value is -3.30. The number of phenolic OH excluding ortho intramolecular Hbond substituents is 1. The molecule has 0 aliphatic rings. The molecular formula is C20H16F2N2O4S. The van der Waals surface area contributed by atoms with E-state index < -0.39 is 33.1 Å². The summed E-state index contributed by atoms with van der Waals surface area (Å²) in [6, 6.07) is 13.0. The van der Waals surface area contributed by atoms with E-state index in [-0.39, 0.29) is 16.2 Å². The number of aromatic hydroxyl groups is 1. The minimum Gasteiger partial charge on any atom is -0.508 e. The van der Waals surface area contributed by atoms with Gasteiger partial charge < -0.3 is 5.11 Å². The van der Waals surface area contributed by atoms with Gasteiger partial charge in [0.05, 0.1) is 10.5 Å². The van der Waals surface area contributed by atoms with Gasteiger partial charge in [0.1, 0.15) is 17.4 Å². The van der Waals surface area contributed by atoms with Gasteiger partial charge in [-0.1, -0.05) is 18.2 Å². The van der Waals surface area contributed by atoms with Crippen LogP contribution in [-0.2, 0) is 10.0 Å². The largest absolute Gasteiger partial charge is 0.508 e. The Morgan fingerprint density at radius 2 is 1.69 bits per heavy atom. The van der Waals surface area contributed by atoms with Crippen LogP contribution in [0.15, 0.2) is 65.6 Å². The summed E-state index contributed by atoms with van der Waals surface area (Å²) in [5.41, 5.74) is 2.49. The fourth-order valence-electron chi connectivity index (χ4n) is 2.66. The van der Waals surface area contributed by atoms with Crippen molar-refractivity contribution in [3.63, 3.8) is 0 Å². The highest BCUT2D eigenvalue weighted by Gasteiger charge is 2.20. The van der Waals surface area contributed by atoms with Crippen molar-refractivity contribution in [3.8, 4) is 16.9 Å². The van der Waals surface area contributed by atoms with Crippen LogP contribution in [0.4, 0.5) is 8.78 Å². The van der Waals surface area contributed by atoms with Crippen LogP contribution in [0.25, 0.3) is 11.1 Å². The van der Waals surface area contributed by atoms with Crippen LogP contribution in [-0.4, -0.2) is 19.4 Å². The van der Waals surface area contributed by atoms with Gasteiger partial charge in [0.15, 0.2) is 0 Å². The molecule has 0 unspecified atom stereocenters. The van der Waals surface area contributed by atoms with Gasteiger partial charge in [-0.25, -0.2) is 17.2 Å². The van der Waals surface area contributed by atoms with E-state index in [1.54, 1.807) is 6.07 Å². The number of hydrogen-bond acceptors (Lipinski definition) is 4. The van der Waals surface area contributed by atoms with E-state index in [4.69, 9.17) is 0 Å². The summed E-state index contributed by atoms with van der Waals surface area (Å²) in [7, 11) is -4.19. The first-order valence-electron chi connectivity index (χ1n) is 8.34. The van der Waals surface area contributed by atoms with Crippen LogP contribution in [0.1, 0.15) is 15.9 Å². The van der Waals surface area contributed by atoms with Gasteiger partial charge in [-0.05, 0) is 66.1 Å². The fraction of sp³-hybridized carbons (Fsp3) is 0.0500. The molecule has 0 spiro atoms. The number of nitrogens with one attached hydrogen (secondary N) is 2. The highest BCUT2D eigenvalue weighted by Crippen LogP contribution is 2.25. The molecule has 0 atom stereocenters. The van der Waals surface area contributed by atoms with Crippen molar-refractivity contribution in [2.75, 3.05) is 0 Å². The molecule has 3 N–H and O–H groups in total. The third kappa shape index (κ3) is 4.58. The first kappa shape index (κ1) is 20.4. The van der Waals surface area contributed by atoms with Crippen LogP contribution in [0, 0.1) is 18.6 Å². The summed E-state index contributed by atoms with van der Waals surface area (Å²) in [5.74, 6) is -2.63. The average Bonchev–Trinajstić information content (AvgIpc) is 2.68. The number of rotatable bonds is 5. The van der Waals surface area contributed by atoms with Crippen molar-refractivity contribution >= 4 is 15.9 Å². The normalized spacial score (nSPS) is 11.3. The molecule has 3 aromatic carbocycles. The topological polar surface area (TPSA) is 95.5 Å². The molecule has 29 heavy (non-hydrogen) atoms. The quantitative estimate of drug-likeness (QED) is 0.554. The number of hydrazine groups is 1. The van der Waals surface area contributed by atoms with Gasteiger partial charge >= 0.3 is 0 Å². The molecular weight excluding hydrogens is 402 g/mol. The Bertz CT molecular complexity index is 1200. The van der Waals surface area contributed by atoms with Gasteiger partial charge in [-0.2, -0.15) is 0 Å². The highest BCUT2D eigenvalue weighted by molar-refractivity contribution is 7.89. The van der Waals surface area contributed by atoms with Gasteiger partial charge in [0.2, 0.25) is 0 Å². The molecule has 0 fully saturated rings. The van der Waals surface area contributed by atoms with E-state index in [1.165, 1.54) is 55.5 Å². The Morgan fingerprint density at radius 1 is 0.966 bits per heavy atom. The van der Waals surface area contributed by atoms with Crippen molar-refractivity contribution in [2.24, 2.45) is 0 Å². The molecule has 9 heteroatoms. The second kappa shape index (κ2) is 7.98. The molecule has 3 aromatic rings. The number of amides is 1. The van der Waals surface area contributed by atoms with Gasteiger partial charge in [-0.15, -0.1) is 4.83 Å². The Balaban J connectivity index is 1.87. The molecule has 0 aromatic heterocycles. The molecule has 0 heterocycles. The molecule has 6 nitrogen and oxygen atoms in total. The number of sulfonamides is 1. The van der Waals surface area contributed by atoms with Crippen molar-refractivity contribution < 1.29 is 27.1 Å². The lowest BCUT2D eigenvalue weighted by atomic mass is 9.99. The van der Waals surface area contributed by atoms with Gasteiger partial charge in [-0.3, -0.25) is 10.2 Å². The lowest BCUT2D eigenvalue weighted by molar-refractivity contribution is 0.0941. The molecule has 3 rings (SSSR count). The Kier molecular flexibility index (Phi) is 5.62. The predicted octanol–water partition coefficient (Wildman–Crippen LogP) is 3.27. The number of carbonyl (C=O) groups is 1.